The van der Waals surface area contributed by atoms with Gasteiger partial charge in [-0.3, -0.25) is 4.90 Å². The Bertz CT molecular complexity index is 368. The van der Waals surface area contributed by atoms with Gasteiger partial charge in [0.1, 0.15) is 5.82 Å². The molecule has 0 amide bonds. The van der Waals surface area contributed by atoms with Crippen molar-refractivity contribution in [2.24, 2.45) is 5.92 Å². The van der Waals surface area contributed by atoms with E-state index in [-0.39, 0.29) is 0 Å². The first-order chi connectivity index (χ1) is 8.83. The van der Waals surface area contributed by atoms with E-state index in [0.29, 0.717) is 12.5 Å². The topological polar surface area (TPSA) is 48.4 Å². The Hall–Kier alpha value is -1.13. The Morgan fingerprint density at radius 2 is 2.44 bits per heavy atom. The van der Waals surface area contributed by atoms with E-state index in [2.05, 4.69) is 21.3 Å². The molecule has 1 aromatic rings. The van der Waals surface area contributed by atoms with Gasteiger partial charge in [0.25, 0.3) is 0 Å². The smallest absolute Gasteiger partial charge is 0.130 e. The standard InChI is InChI=1S/C14H23N3O/c1-15-14-13(5-2-7-16-14)11-17-8-3-4-12(10-17)6-9-18/h2,5,7,12,18H,3-4,6,8-11H2,1H3,(H,15,16). The minimum atomic E-state index is 0.313. The lowest BCUT2D eigenvalue weighted by molar-refractivity contribution is 0.142. The maximum Gasteiger partial charge on any atom is 0.130 e. The summed E-state index contributed by atoms with van der Waals surface area (Å²) >= 11 is 0. The summed E-state index contributed by atoms with van der Waals surface area (Å²) in [5, 5.41) is 12.2. The van der Waals surface area contributed by atoms with Crippen LogP contribution < -0.4 is 5.32 Å². The van der Waals surface area contributed by atoms with E-state index >= 15 is 0 Å². The summed E-state index contributed by atoms with van der Waals surface area (Å²) in [6.07, 6.45) is 5.24. The second-order valence-corrected chi connectivity index (χ2v) is 5.02. The number of nitrogens with one attached hydrogen (secondary N) is 1. The molecule has 1 saturated heterocycles. The van der Waals surface area contributed by atoms with Crippen molar-refractivity contribution in [1.29, 1.82) is 0 Å². The van der Waals surface area contributed by atoms with Crippen LogP contribution in [0.15, 0.2) is 18.3 Å². The summed E-state index contributed by atoms with van der Waals surface area (Å²) in [5.74, 6) is 1.63. The third kappa shape index (κ3) is 3.43. The average molecular weight is 249 g/mol. The summed E-state index contributed by atoms with van der Waals surface area (Å²) in [6.45, 7) is 3.51. The van der Waals surface area contributed by atoms with Crippen molar-refractivity contribution in [3.63, 3.8) is 0 Å². The third-order valence-electron chi connectivity index (χ3n) is 3.66. The van der Waals surface area contributed by atoms with Gasteiger partial charge in [0, 0.05) is 38.5 Å². The number of pyridine rings is 1. The first kappa shape index (κ1) is 13.3. The highest BCUT2D eigenvalue weighted by Crippen LogP contribution is 2.22. The Morgan fingerprint density at radius 1 is 1.56 bits per heavy atom. The number of aliphatic hydroxyl groups excluding tert-OH is 1. The number of likely N-dealkylation sites (tertiary alicyclic amines) is 1. The number of piperidine rings is 1. The molecule has 0 aliphatic carbocycles. The molecule has 2 rings (SSSR count). The van der Waals surface area contributed by atoms with Crippen LogP contribution in [-0.4, -0.2) is 41.7 Å². The number of aliphatic hydroxyl groups is 1. The van der Waals surface area contributed by atoms with Gasteiger partial charge < -0.3 is 10.4 Å². The molecule has 0 saturated carbocycles. The monoisotopic (exact) mass is 249 g/mol. The predicted octanol–water partition coefficient (Wildman–Crippen LogP) is 1.72. The Morgan fingerprint density at radius 3 is 3.22 bits per heavy atom. The fourth-order valence-corrected chi connectivity index (χ4v) is 2.75. The molecule has 2 heterocycles. The van der Waals surface area contributed by atoms with E-state index in [1.54, 1.807) is 0 Å². The maximum absolute atomic E-state index is 9.04. The molecule has 18 heavy (non-hydrogen) atoms. The summed E-state index contributed by atoms with van der Waals surface area (Å²) in [6, 6.07) is 4.12. The highest BCUT2D eigenvalue weighted by atomic mass is 16.3. The number of aromatic nitrogens is 1. The van der Waals surface area contributed by atoms with E-state index in [4.69, 9.17) is 5.11 Å². The number of anilines is 1. The van der Waals surface area contributed by atoms with Gasteiger partial charge in [0.15, 0.2) is 0 Å². The van der Waals surface area contributed by atoms with E-state index in [1.165, 1.54) is 18.4 Å². The molecule has 0 radical (unpaired) electrons. The van der Waals surface area contributed by atoms with E-state index in [1.807, 2.05) is 19.3 Å². The van der Waals surface area contributed by atoms with Crippen LogP contribution in [0.1, 0.15) is 24.8 Å². The van der Waals surface area contributed by atoms with Crippen LogP contribution in [0.5, 0.6) is 0 Å². The number of hydrogen-bond acceptors (Lipinski definition) is 4. The molecule has 1 aliphatic heterocycles. The normalized spacial score (nSPS) is 20.9. The van der Waals surface area contributed by atoms with Crippen LogP contribution in [0.2, 0.25) is 0 Å². The second-order valence-electron chi connectivity index (χ2n) is 5.02. The molecule has 4 heteroatoms. The Balaban J connectivity index is 1.96. The first-order valence-corrected chi connectivity index (χ1v) is 6.78. The minimum absolute atomic E-state index is 0.313. The molecule has 1 aliphatic rings. The van der Waals surface area contributed by atoms with Gasteiger partial charge in [-0.25, -0.2) is 4.98 Å². The van der Waals surface area contributed by atoms with Crippen molar-refractivity contribution in [2.75, 3.05) is 32.1 Å². The molecule has 1 aromatic heterocycles. The summed E-state index contributed by atoms with van der Waals surface area (Å²) in [5.41, 5.74) is 1.25. The lowest BCUT2D eigenvalue weighted by Crippen LogP contribution is -2.35. The highest BCUT2D eigenvalue weighted by molar-refractivity contribution is 5.42. The van der Waals surface area contributed by atoms with Gasteiger partial charge in [-0.1, -0.05) is 6.07 Å². The summed E-state index contributed by atoms with van der Waals surface area (Å²) in [7, 11) is 1.91. The quantitative estimate of drug-likeness (QED) is 0.834. The fraction of sp³-hybridized carbons (Fsp3) is 0.643. The van der Waals surface area contributed by atoms with Crippen LogP contribution in [0.25, 0.3) is 0 Å². The predicted molar refractivity (Wildman–Crippen MR) is 73.5 cm³/mol. The van der Waals surface area contributed by atoms with Gasteiger partial charge in [-0.2, -0.15) is 0 Å². The van der Waals surface area contributed by atoms with Gasteiger partial charge in [-0.05, 0) is 37.8 Å². The van der Waals surface area contributed by atoms with Crippen molar-refractivity contribution in [2.45, 2.75) is 25.8 Å². The van der Waals surface area contributed by atoms with Crippen LogP contribution in [0, 0.1) is 5.92 Å². The molecule has 1 fully saturated rings. The lowest BCUT2D eigenvalue weighted by Gasteiger charge is -2.32. The van der Waals surface area contributed by atoms with Gasteiger partial charge in [0.05, 0.1) is 0 Å². The van der Waals surface area contributed by atoms with E-state index < -0.39 is 0 Å². The largest absolute Gasteiger partial charge is 0.396 e. The van der Waals surface area contributed by atoms with Crippen molar-refractivity contribution in [3.8, 4) is 0 Å². The molecular weight excluding hydrogens is 226 g/mol. The molecule has 100 valence electrons. The lowest BCUT2D eigenvalue weighted by atomic mass is 9.95. The highest BCUT2D eigenvalue weighted by Gasteiger charge is 2.20. The minimum Gasteiger partial charge on any atom is -0.396 e. The zero-order valence-corrected chi connectivity index (χ0v) is 11.1. The van der Waals surface area contributed by atoms with Gasteiger partial charge in [-0.15, -0.1) is 0 Å². The van der Waals surface area contributed by atoms with Crippen molar-refractivity contribution >= 4 is 5.82 Å². The third-order valence-corrected chi connectivity index (χ3v) is 3.66. The molecule has 1 atom stereocenters. The van der Waals surface area contributed by atoms with Crippen LogP contribution in [0.3, 0.4) is 0 Å². The van der Waals surface area contributed by atoms with E-state index in [9.17, 15) is 0 Å². The van der Waals surface area contributed by atoms with Crippen molar-refractivity contribution in [1.82, 2.24) is 9.88 Å². The fourth-order valence-electron chi connectivity index (χ4n) is 2.75. The molecule has 1 unspecified atom stereocenters. The molecule has 0 bridgehead atoms. The zero-order valence-electron chi connectivity index (χ0n) is 11.1. The van der Waals surface area contributed by atoms with Crippen LogP contribution in [0.4, 0.5) is 5.82 Å². The Kier molecular flexibility index (Phi) is 4.96. The maximum atomic E-state index is 9.04. The Labute approximate surface area is 109 Å². The summed E-state index contributed by atoms with van der Waals surface area (Å²) < 4.78 is 0. The molecule has 2 N–H and O–H groups in total. The van der Waals surface area contributed by atoms with Gasteiger partial charge >= 0.3 is 0 Å². The molecular formula is C14H23N3O. The zero-order chi connectivity index (χ0) is 12.8. The average Bonchev–Trinajstić information content (AvgIpc) is 2.40. The molecule has 4 nitrogen and oxygen atoms in total. The SMILES string of the molecule is CNc1ncccc1CN1CCCC(CCO)C1. The van der Waals surface area contributed by atoms with E-state index in [0.717, 1.165) is 31.9 Å². The van der Waals surface area contributed by atoms with Crippen molar-refractivity contribution < 1.29 is 5.11 Å². The number of nitrogens with zero attached hydrogens (tertiary/aromatic N) is 2. The second kappa shape index (κ2) is 6.71. The first-order valence-electron chi connectivity index (χ1n) is 6.78. The molecule has 0 aromatic carbocycles. The van der Waals surface area contributed by atoms with Crippen LogP contribution >= 0.6 is 0 Å². The molecule has 0 spiro atoms. The van der Waals surface area contributed by atoms with Gasteiger partial charge in [0.2, 0.25) is 0 Å². The number of hydrogen-bond donors (Lipinski definition) is 2. The summed E-state index contributed by atoms with van der Waals surface area (Å²) in [4.78, 5) is 6.81. The van der Waals surface area contributed by atoms with Crippen molar-refractivity contribution in [3.05, 3.63) is 23.9 Å². The van der Waals surface area contributed by atoms with Crippen LogP contribution in [-0.2, 0) is 6.54 Å². The number of rotatable bonds is 5.